The van der Waals surface area contributed by atoms with E-state index in [1.54, 1.807) is 0 Å². The molecule has 0 N–H and O–H groups in total. The Bertz CT molecular complexity index is 66.0. The van der Waals surface area contributed by atoms with E-state index in [0.717, 1.165) is 0 Å². The van der Waals surface area contributed by atoms with Gasteiger partial charge < -0.3 is 0 Å². The van der Waals surface area contributed by atoms with Crippen molar-refractivity contribution in [2.45, 2.75) is 0 Å². The van der Waals surface area contributed by atoms with Crippen LogP contribution in [0.1, 0.15) is 0 Å². The van der Waals surface area contributed by atoms with Gasteiger partial charge in [0.25, 0.3) is 0 Å². The van der Waals surface area contributed by atoms with Crippen LogP contribution in [0.15, 0.2) is 13.2 Å². The number of rotatable bonds is 0. The normalized spacial score (nSPS) is 2.00. The van der Waals surface area contributed by atoms with E-state index in [4.69, 9.17) is 9.59 Å². The highest BCUT2D eigenvalue weighted by atomic mass is 35.5. The molecule has 0 fully saturated rings. The summed E-state index contributed by atoms with van der Waals surface area (Å²) >= 11 is 0. The van der Waals surface area contributed by atoms with Crippen molar-refractivity contribution in [2.24, 2.45) is 0 Å². The molecule has 0 atom stereocenters. The van der Waals surface area contributed by atoms with E-state index in [-0.39, 0.29) is 24.8 Å². The molecule has 0 saturated heterocycles. The number of carbonyl (C=O) groups excluding carboxylic acids is 2. The topological polar surface area (TPSA) is 34.1 Å². The zero-order chi connectivity index (χ0) is 5.41. The predicted molar refractivity (Wildman–Crippen MR) is 37.1 cm³/mol. The zero-order valence-electron chi connectivity index (χ0n) is 4.05. The highest BCUT2D eigenvalue weighted by Crippen LogP contribution is 0.897. The summed E-state index contributed by atoms with van der Waals surface area (Å²) in [6.45, 7) is 5.36. The summed E-state index contributed by atoms with van der Waals surface area (Å²) in [6, 6.07) is 0. The Balaban J connectivity index is -0.0000000160. The molecule has 0 aliphatic heterocycles. The van der Waals surface area contributed by atoms with E-state index in [1.165, 1.54) is 11.9 Å². The Morgan fingerprint density at radius 3 is 0.875 bits per heavy atom. The summed E-state index contributed by atoms with van der Waals surface area (Å²) < 4.78 is 0. The van der Waals surface area contributed by atoms with Crippen LogP contribution in [0.3, 0.4) is 0 Å². The maximum atomic E-state index is 8.57. The van der Waals surface area contributed by atoms with Gasteiger partial charge in [0.15, 0.2) is 0 Å². The average molecular weight is 157 g/mol. The molecular formula is C4H6Cl2O2. The molecule has 0 aromatic heterocycles. The predicted octanol–water partition coefficient (Wildman–Crippen LogP) is 0.852. The van der Waals surface area contributed by atoms with Crippen LogP contribution in [-0.4, -0.2) is 11.9 Å². The van der Waals surface area contributed by atoms with Gasteiger partial charge in [-0.3, -0.25) is 0 Å². The van der Waals surface area contributed by atoms with Crippen LogP contribution in [0.2, 0.25) is 0 Å². The smallest absolute Gasteiger partial charge is 0.116 e. The van der Waals surface area contributed by atoms with Crippen molar-refractivity contribution in [3.05, 3.63) is 13.2 Å². The maximum absolute atomic E-state index is 8.57. The van der Waals surface area contributed by atoms with Gasteiger partial charge in [0, 0.05) is 0 Å². The SMILES string of the molecule is C=C=O.C=C=O.Cl.Cl. The minimum atomic E-state index is 0. The Kier molecular flexibility index (Phi) is 288. The molecular weight excluding hydrogens is 151 g/mol. The first kappa shape index (κ1) is 25.9. The Hall–Kier alpha value is -0.520. The van der Waals surface area contributed by atoms with Crippen LogP contribution in [0, 0.1) is 0 Å². The highest BCUT2D eigenvalue weighted by molar-refractivity contribution is 5.85. The molecule has 0 heterocycles. The van der Waals surface area contributed by atoms with Crippen molar-refractivity contribution in [2.75, 3.05) is 0 Å². The lowest BCUT2D eigenvalue weighted by atomic mass is 11.2. The third-order valence-corrected chi connectivity index (χ3v) is 0. The molecule has 0 radical (unpaired) electrons. The van der Waals surface area contributed by atoms with E-state index in [2.05, 4.69) is 13.2 Å². The van der Waals surface area contributed by atoms with Crippen molar-refractivity contribution in [3.8, 4) is 0 Å². The van der Waals surface area contributed by atoms with Crippen LogP contribution in [0.4, 0.5) is 0 Å². The summed E-state index contributed by atoms with van der Waals surface area (Å²) in [7, 11) is 0. The molecule has 0 rings (SSSR count). The molecule has 0 aromatic carbocycles. The second kappa shape index (κ2) is 88.8. The molecule has 0 spiro atoms. The quantitative estimate of drug-likeness (QED) is 0.488. The minimum Gasteiger partial charge on any atom is -0.234 e. The van der Waals surface area contributed by atoms with Crippen LogP contribution in [0.5, 0.6) is 0 Å². The summed E-state index contributed by atoms with van der Waals surface area (Å²) in [5, 5.41) is 0. The van der Waals surface area contributed by atoms with Crippen molar-refractivity contribution in [1.82, 2.24) is 0 Å². The largest absolute Gasteiger partial charge is 0.234 e. The molecule has 2 nitrogen and oxygen atoms in total. The fourth-order valence-electron chi connectivity index (χ4n) is 0. The first-order valence-electron chi connectivity index (χ1n) is 1.12. The molecule has 0 unspecified atom stereocenters. The van der Waals surface area contributed by atoms with Crippen molar-refractivity contribution < 1.29 is 9.59 Å². The van der Waals surface area contributed by atoms with Gasteiger partial charge in [0.1, 0.15) is 11.9 Å². The van der Waals surface area contributed by atoms with E-state index in [0.29, 0.717) is 0 Å². The molecule has 0 aliphatic rings. The van der Waals surface area contributed by atoms with Gasteiger partial charge in [-0.15, -0.1) is 24.8 Å². The lowest BCUT2D eigenvalue weighted by Gasteiger charge is -1.02. The summed E-state index contributed by atoms with van der Waals surface area (Å²) in [6.07, 6.45) is 0. The second-order valence-corrected chi connectivity index (χ2v) is 0.289. The molecule has 0 bridgehead atoms. The van der Waals surface area contributed by atoms with E-state index < -0.39 is 0 Å². The number of hydrogen-bond acceptors (Lipinski definition) is 2. The monoisotopic (exact) mass is 156 g/mol. The Morgan fingerprint density at radius 2 is 0.875 bits per heavy atom. The molecule has 0 aromatic rings. The number of hydrogen-bond donors (Lipinski definition) is 0. The van der Waals surface area contributed by atoms with Gasteiger partial charge in [0.2, 0.25) is 0 Å². The van der Waals surface area contributed by atoms with Gasteiger partial charge in [-0.2, -0.15) is 0 Å². The molecule has 0 amide bonds. The lowest BCUT2D eigenvalue weighted by Crippen LogP contribution is -1.15. The van der Waals surface area contributed by atoms with Crippen LogP contribution >= 0.6 is 24.8 Å². The van der Waals surface area contributed by atoms with Gasteiger partial charge in [-0.25, -0.2) is 9.59 Å². The summed E-state index contributed by atoms with van der Waals surface area (Å²) in [4.78, 5) is 17.1. The molecule has 0 aliphatic carbocycles. The standard InChI is InChI=1S/2C2H2O.2ClH/c2*1-2-3;;/h2*1H2;2*1H. The molecule has 48 valence electrons. The lowest BCUT2D eigenvalue weighted by molar-refractivity contribution is 0.569. The van der Waals surface area contributed by atoms with Gasteiger partial charge >= 0.3 is 0 Å². The van der Waals surface area contributed by atoms with Crippen molar-refractivity contribution in [1.29, 1.82) is 0 Å². The molecule has 8 heavy (non-hydrogen) atoms. The van der Waals surface area contributed by atoms with Gasteiger partial charge in [-0.05, 0) is 13.2 Å². The van der Waals surface area contributed by atoms with E-state index >= 15 is 0 Å². The second-order valence-electron chi connectivity index (χ2n) is 0.289. The molecule has 4 heteroatoms. The van der Waals surface area contributed by atoms with Gasteiger partial charge in [-0.1, -0.05) is 0 Å². The van der Waals surface area contributed by atoms with Crippen LogP contribution in [0.25, 0.3) is 0 Å². The first-order valence-corrected chi connectivity index (χ1v) is 1.12. The summed E-state index contributed by atoms with van der Waals surface area (Å²) in [5.41, 5.74) is 0. The van der Waals surface area contributed by atoms with Crippen molar-refractivity contribution >= 4 is 36.7 Å². The average Bonchev–Trinajstić information content (AvgIpc) is 1.39. The summed E-state index contributed by atoms with van der Waals surface area (Å²) in [5.74, 6) is 2.50. The van der Waals surface area contributed by atoms with Crippen LogP contribution in [-0.2, 0) is 9.59 Å². The molecule has 0 saturated carbocycles. The Morgan fingerprint density at radius 1 is 0.875 bits per heavy atom. The van der Waals surface area contributed by atoms with Crippen molar-refractivity contribution in [3.63, 3.8) is 0 Å². The fourth-order valence-corrected chi connectivity index (χ4v) is 0. The number of halogens is 2. The third-order valence-electron chi connectivity index (χ3n) is 0. The first-order chi connectivity index (χ1) is 2.83. The maximum Gasteiger partial charge on any atom is 0.116 e. The highest BCUT2D eigenvalue weighted by Gasteiger charge is 1.01. The van der Waals surface area contributed by atoms with E-state index in [9.17, 15) is 0 Å². The fraction of sp³-hybridized carbons (Fsp3) is 0. The van der Waals surface area contributed by atoms with Gasteiger partial charge in [0.05, 0.1) is 0 Å². The van der Waals surface area contributed by atoms with Crippen LogP contribution < -0.4 is 0 Å². The van der Waals surface area contributed by atoms with E-state index in [1.807, 2.05) is 0 Å². The minimum absolute atomic E-state index is 0. The zero-order valence-corrected chi connectivity index (χ0v) is 5.68. The Labute approximate surface area is 60.1 Å². The third kappa shape index (κ3) is 407.